The number of carbonyl (C=O) groups excluding carboxylic acids is 2. The zero-order valence-electron chi connectivity index (χ0n) is 17.5. The van der Waals surface area contributed by atoms with Crippen molar-refractivity contribution in [2.75, 3.05) is 17.7 Å². The van der Waals surface area contributed by atoms with Crippen molar-refractivity contribution in [2.24, 2.45) is 0 Å². The van der Waals surface area contributed by atoms with Crippen molar-refractivity contribution in [1.29, 1.82) is 0 Å². The summed E-state index contributed by atoms with van der Waals surface area (Å²) in [5, 5.41) is 4.43. The van der Waals surface area contributed by atoms with E-state index in [9.17, 15) is 14.4 Å². The first-order valence-corrected chi connectivity index (χ1v) is 12.7. The molecule has 0 bridgehead atoms. The second-order valence-corrected chi connectivity index (χ2v) is 10.6. The van der Waals surface area contributed by atoms with Crippen molar-refractivity contribution in [1.82, 2.24) is 9.97 Å². The lowest BCUT2D eigenvalue weighted by atomic mass is 9.97. The molecule has 0 unspecified atom stereocenters. The Labute approximate surface area is 191 Å². The summed E-state index contributed by atoms with van der Waals surface area (Å²) in [6.07, 6.45) is 4.18. The molecule has 1 aliphatic rings. The summed E-state index contributed by atoms with van der Waals surface area (Å²) in [6, 6.07) is 0. The number of carbonyl (C=O) groups is 2. The number of rotatable bonds is 6. The number of ether oxygens (including phenoxy) is 1. The van der Waals surface area contributed by atoms with E-state index < -0.39 is 5.97 Å². The minimum absolute atomic E-state index is 0.0673. The van der Waals surface area contributed by atoms with Gasteiger partial charge >= 0.3 is 5.97 Å². The van der Waals surface area contributed by atoms with Crippen molar-refractivity contribution in [3.05, 3.63) is 36.8 Å². The van der Waals surface area contributed by atoms with Gasteiger partial charge in [0.2, 0.25) is 5.91 Å². The van der Waals surface area contributed by atoms with Gasteiger partial charge in [-0.05, 0) is 57.6 Å². The van der Waals surface area contributed by atoms with Gasteiger partial charge in [-0.3, -0.25) is 9.59 Å². The maximum atomic E-state index is 12.6. The van der Waals surface area contributed by atoms with Gasteiger partial charge in [0.05, 0.1) is 23.3 Å². The van der Waals surface area contributed by atoms with Crippen LogP contribution in [-0.2, 0) is 22.4 Å². The van der Waals surface area contributed by atoms with E-state index in [2.05, 4.69) is 15.3 Å². The Balaban J connectivity index is 1.48. The van der Waals surface area contributed by atoms with E-state index in [0.29, 0.717) is 21.1 Å². The predicted octanol–water partition coefficient (Wildman–Crippen LogP) is 4.45. The topological polar surface area (TPSA) is 101 Å². The first-order valence-electron chi connectivity index (χ1n) is 10.1. The zero-order valence-corrected chi connectivity index (χ0v) is 20.0. The molecule has 0 aromatic carbocycles. The molecule has 0 radical (unpaired) electrons. The zero-order chi connectivity index (χ0) is 22.1. The van der Waals surface area contributed by atoms with Gasteiger partial charge in [-0.25, -0.2) is 9.78 Å². The molecule has 0 fully saturated rings. The van der Waals surface area contributed by atoms with Gasteiger partial charge in [0, 0.05) is 9.75 Å². The van der Waals surface area contributed by atoms with Crippen LogP contribution in [-0.4, -0.2) is 34.2 Å². The van der Waals surface area contributed by atoms with Gasteiger partial charge < -0.3 is 15.0 Å². The van der Waals surface area contributed by atoms with E-state index in [1.807, 2.05) is 13.8 Å². The highest BCUT2D eigenvalue weighted by molar-refractivity contribution is 7.99. The number of thioether (sulfide) groups is 1. The van der Waals surface area contributed by atoms with E-state index in [4.69, 9.17) is 4.74 Å². The number of H-pyrrole nitrogens is 1. The standard InChI is InChI=1S/C21H23N3O4S3/c1-4-28-20(27)15-10(2)11(3)30-18(15)22-14(25)9-29-21-23-17(26)16-12-7-5-6-8-13(12)31-19(16)24-21/h4-9H2,1-3H3,(H,22,25)(H,23,24,26). The summed E-state index contributed by atoms with van der Waals surface area (Å²) in [4.78, 5) is 47.8. The van der Waals surface area contributed by atoms with E-state index >= 15 is 0 Å². The first kappa shape index (κ1) is 22.0. The predicted molar refractivity (Wildman–Crippen MR) is 126 cm³/mol. The monoisotopic (exact) mass is 477 g/mol. The molecule has 1 amide bonds. The van der Waals surface area contributed by atoms with Crippen LogP contribution in [0.3, 0.4) is 0 Å². The van der Waals surface area contributed by atoms with Crippen LogP contribution < -0.4 is 10.9 Å². The number of aromatic amines is 1. The Bertz CT molecular complexity index is 1220. The summed E-state index contributed by atoms with van der Waals surface area (Å²) >= 11 is 4.11. The number of nitrogens with zero attached hydrogens (tertiary/aromatic N) is 1. The van der Waals surface area contributed by atoms with Crippen LogP contribution in [0.1, 0.15) is 51.0 Å². The highest BCUT2D eigenvalue weighted by Gasteiger charge is 2.23. The quantitative estimate of drug-likeness (QED) is 0.309. The Morgan fingerprint density at radius 1 is 1.23 bits per heavy atom. The lowest BCUT2D eigenvalue weighted by Gasteiger charge is -2.09. The molecule has 7 nitrogen and oxygen atoms in total. The Hall–Kier alpha value is -2.17. The molecule has 2 N–H and O–H groups in total. The van der Waals surface area contributed by atoms with Crippen LogP contribution in [0.15, 0.2) is 9.95 Å². The summed E-state index contributed by atoms with van der Waals surface area (Å²) in [5.74, 6) is -0.645. The number of thiophene rings is 2. The van der Waals surface area contributed by atoms with Crippen LogP contribution in [0.25, 0.3) is 10.2 Å². The fourth-order valence-corrected chi connectivity index (χ4v) is 6.72. The maximum absolute atomic E-state index is 12.6. The van der Waals surface area contributed by atoms with Crippen molar-refractivity contribution in [3.63, 3.8) is 0 Å². The second-order valence-electron chi connectivity index (χ2n) is 7.31. The number of hydrogen-bond donors (Lipinski definition) is 2. The molecule has 3 aromatic rings. The summed E-state index contributed by atoms with van der Waals surface area (Å²) < 4.78 is 5.12. The fraction of sp³-hybridized carbons (Fsp3) is 0.429. The van der Waals surface area contributed by atoms with Crippen molar-refractivity contribution in [3.8, 4) is 0 Å². The largest absolute Gasteiger partial charge is 0.462 e. The third-order valence-corrected chi connectivity index (χ3v) is 8.44. The highest BCUT2D eigenvalue weighted by Crippen LogP contribution is 2.35. The molecule has 4 rings (SSSR count). The smallest absolute Gasteiger partial charge is 0.341 e. The molecule has 0 aliphatic heterocycles. The summed E-state index contributed by atoms with van der Waals surface area (Å²) in [5.41, 5.74) is 2.22. The summed E-state index contributed by atoms with van der Waals surface area (Å²) in [6.45, 7) is 5.75. The lowest BCUT2D eigenvalue weighted by Crippen LogP contribution is -2.17. The maximum Gasteiger partial charge on any atom is 0.341 e. The van der Waals surface area contributed by atoms with Crippen molar-refractivity contribution in [2.45, 2.75) is 51.6 Å². The Morgan fingerprint density at radius 3 is 2.77 bits per heavy atom. The molecule has 10 heteroatoms. The SMILES string of the molecule is CCOC(=O)c1c(NC(=O)CSc2nc3sc4c(c3c(=O)[nH]2)CCCC4)sc(C)c1C. The molecule has 164 valence electrons. The van der Waals surface area contributed by atoms with Gasteiger partial charge in [0.1, 0.15) is 9.83 Å². The van der Waals surface area contributed by atoms with E-state index in [-0.39, 0.29) is 23.8 Å². The number of nitrogens with one attached hydrogen (secondary N) is 2. The average Bonchev–Trinajstić information content (AvgIpc) is 3.23. The molecular weight excluding hydrogens is 454 g/mol. The second kappa shape index (κ2) is 9.13. The number of esters is 1. The van der Waals surface area contributed by atoms with Crippen LogP contribution >= 0.6 is 34.4 Å². The van der Waals surface area contributed by atoms with E-state index in [1.165, 1.54) is 28.0 Å². The van der Waals surface area contributed by atoms with Gasteiger partial charge in [-0.1, -0.05) is 11.8 Å². The number of hydrogen-bond acceptors (Lipinski definition) is 8. The molecule has 0 saturated carbocycles. The number of amides is 1. The van der Waals surface area contributed by atoms with Crippen LogP contribution in [0.2, 0.25) is 0 Å². The van der Waals surface area contributed by atoms with Gasteiger partial charge in [-0.2, -0.15) is 0 Å². The molecule has 1 aliphatic carbocycles. The summed E-state index contributed by atoms with van der Waals surface area (Å²) in [7, 11) is 0. The Morgan fingerprint density at radius 2 is 2.00 bits per heavy atom. The Kier molecular flexibility index (Phi) is 6.49. The van der Waals surface area contributed by atoms with Crippen molar-refractivity contribution < 1.29 is 14.3 Å². The highest BCUT2D eigenvalue weighted by atomic mass is 32.2. The van der Waals surface area contributed by atoms with Crippen LogP contribution in [0.4, 0.5) is 5.00 Å². The molecule has 0 spiro atoms. The fourth-order valence-electron chi connectivity index (χ4n) is 3.67. The third kappa shape index (κ3) is 4.42. The molecule has 3 heterocycles. The molecule has 3 aromatic heterocycles. The number of anilines is 1. The minimum Gasteiger partial charge on any atom is -0.462 e. The number of aromatic nitrogens is 2. The number of fused-ring (bicyclic) bond motifs is 3. The molecule has 0 saturated heterocycles. The van der Waals surface area contributed by atoms with E-state index in [1.54, 1.807) is 18.3 Å². The molecule has 0 atom stereocenters. The lowest BCUT2D eigenvalue weighted by molar-refractivity contribution is -0.113. The first-order chi connectivity index (χ1) is 14.9. The normalized spacial score (nSPS) is 13.3. The molecule has 31 heavy (non-hydrogen) atoms. The van der Waals surface area contributed by atoms with Gasteiger partial charge in [-0.15, -0.1) is 22.7 Å². The average molecular weight is 478 g/mol. The van der Waals surface area contributed by atoms with Gasteiger partial charge in [0.25, 0.3) is 5.56 Å². The van der Waals surface area contributed by atoms with Gasteiger partial charge in [0.15, 0.2) is 5.16 Å². The van der Waals surface area contributed by atoms with Crippen LogP contribution in [0.5, 0.6) is 0 Å². The van der Waals surface area contributed by atoms with Crippen molar-refractivity contribution >= 4 is 61.5 Å². The third-order valence-electron chi connectivity index (χ3n) is 5.26. The van der Waals surface area contributed by atoms with E-state index in [0.717, 1.165) is 46.5 Å². The minimum atomic E-state index is -0.439. The number of aryl methyl sites for hydroxylation is 3. The van der Waals surface area contributed by atoms with Crippen LogP contribution in [0, 0.1) is 13.8 Å². The molecular formula is C21H23N3O4S3.